The first-order chi connectivity index (χ1) is 13.3. The van der Waals surface area contributed by atoms with Crippen LogP contribution in [0.5, 0.6) is 0 Å². The Hall–Kier alpha value is -3.66. The van der Waals surface area contributed by atoms with Crippen LogP contribution in [0.15, 0.2) is 101 Å². The number of azo groups is 1. The van der Waals surface area contributed by atoms with Gasteiger partial charge in [0.1, 0.15) is 0 Å². The van der Waals surface area contributed by atoms with E-state index >= 15 is 0 Å². The van der Waals surface area contributed by atoms with E-state index < -0.39 is 0 Å². The Morgan fingerprint density at radius 1 is 0.593 bits per heavy atom. The van der Waals surface area contributed by atoms with Gasteiger partial charge in [-0.1, -0.05) is 35.9 Å². The number of aryl methyl sites for hydroxylation is 1. The van der Waals surface area contributed by atoms with Gasteiger partial charge in [-0.25, -0.2) is 0 Å². The molecule has 0 unspecified atom stereocenters. The SMILES string of the molecule is Cc1ccc(N=Nc2cccc(-c3ccnc(-c4ccccn4)c3)c2)cc1. The molecule has 0 spiro atoms. The van der Waals surface area contributed by atoms with Crippen LogP contribution in [0.3, 0.4) is 0 Å². The predicted octanol–water partition coefficient (Wildman–Crippen LogP) is 6.53. The van der Waals surface area contributed by atoms with Crippen LogP contribution in [0.25, 0.3) is 22.5 Å². The number of benzene rings is 2. The van der Waals surface area contributed by atoms with E-state index in [2.05, 4.69) is 33.2 Å². The van der Waals surface area contributed by atoms with Gasteiger partial charge < -0.3 is 0 Å². The highest BCUT2D eigenvalue weighted by Gasteiger charge is 2.04. The third-order valence-corrected chi connectivity index (χ3v) is 4.18. The zero-order valence-electron chi connectivity index (χ0n) is 14.9. The van der Waals surface area contributed by atoms with Crippen LogP contribution in [0.1, 0.15) is 5.56 Å². The number of hydrogen-bond donors (Lipinski definition) is 0. The van der Waals surface area contributed by atoms with E-state index in [1.165, 1.54) is 5.56 Å². The van der Waals surface area contributed by atoms with Crippen molar-refractivity contribution in [2.75, 3.05) is 0 Å². The van der Waals surface area contributed by atoms with Crippen LogP contribution in [-0.2, 0) is 0 Å². The van der Waals surface area contributed by atoms with Crippen molar-refractivity contribution in [3.8, 4) is 22.5 Å². The molecule has 0 saturated heterocycles. The maximum absolute atomic E-state index is 4.44. The standard InChI is InChI=1S/C23H18N4/c1-17-8-10-20(11-9-17)26-27-21-6-4-5-18(15-21)19-12-14-25-23(16-19)22-7-2-3-13-24-22/h2-16H,1H3. The van der Waals surface area contributed by atoms with Gasteiger partial charge in [0, 0.05) is 12.4 Å². The van der Waals surface area contributed by atoms with Crippen molar-refractivity contribution in [2.24, 2.45) is 10.2 Å². The molecule has 0 atom stereocenters. The molecule has 0 fully saturated rings. The van der Waals surface area contributed by atoms with Gasteiger partial charge in [-0.2, -0.15) is 10.2 Å². The molecule has 0 aliphatic rings. The summed E-state index contributed by atoms with van der Waals surface area (Å²) in [5.41, 5.74) is 6.69. The molecule has 0 aliphatic heterocycles. The summed E-state index contributed by atoms with van der Waals surface area (Å²) in [4.78, 5) is 8.81. The lowest BCUT2D eigenvalue weighted by Crippen LogP contribution is -1.87. The fraction of sp³-hybridized carbons (Fsp3) is 0.0435. The second-order valence-corrected chi connectivity index (χ2v) is 6.23. The molecule has 0 amide bonds. The summed E-state index contributed by atoms with van der Waals surface area (Å²) in [6.07, 6.45) is 3.58. The number of rotatable bonds is 4. The van der Waals surface area contributed by atoms with Gasteiger partial charge in [0.05, 0.1) is 22.8 Å². The van der Waals surface area contributed by atoms with Crippen molar-refractivity contribution < 1.29 is 0 Å². The minimum Gasteiger partial charge on any atom is -0.255 e. The first-order valence-corrected chi connectivity index (χ1v) is 8.74. The first kappa shape index (κ1) is 16.8. The predicted molar refractivity (Wildman–Crippen MR) is 108 cm³/mol. The average molecular weight is 350 g/mol. The van der Waals surface area contributed by atoms with Crippen LogP contribution in [0.2, 0.25) is 0 Å². The van der Waals surface area contributed by atoms with E-state index in [-0.39, 0.29) is 0 Å². The molecule has 0 saturated carbocycles. The average Bonchev–Trinajstić information content (AvgIpc) is 2.74. The Morgan fingerprint density at radius 3 is 2.19 bits per heavy atom. The van der Waals surface area contributed by atoms with E-state index in [0.717, 1.165) is 33.9 Å². The maximum Gasteiger partial charge on any atom is 0.0892 e. The monoisotopic (exact) mass is 350 g/mol. The summed E-state index contributed by atoms with van der Waals surface area (Å²) < 4.78 is 0. The van der Waals surface area contributed by atoms with Gasteiger partial charge >= 0.3 is 0 Å². The largest absolute Gasteiger partial charge is 0.255 e. The van der Waals surface area contributed by atoms with Crippen LogP contribution in [0.4, 0.5) is 11.4 Å². The van der Waals surface area contributed by atoms with Crippen molar-refractivity contribution in [1.29, 1.82) is 0 Å². The van der Waals surface area contributed by atoms with Crippen LogP contribution >= 0.6 is 0 Å². The molecule has 2 heterocycles. The molecular formula is C23H18N4. The number of pyridine rings is 2. The highest BCUT2D eigenvalue weighted by molar-refractivity contribution is 5.71. The zero-order chi connectivity index (χ0) is 18.5. The Kier molecular flexibility index (Phi) is 4.79. The lowest BCUT2D eigenvalue weighted by molar-refractivity contribution is 1.23. The van der Waals surface area contributed by atoms with E-state index in [9.17, 15) is 0 Å². The Morgan fingerprint density at radius 2 is 1.37 bits per heavy atom. The zero-order valence-corrected chi connectivity index (χ0v) is 14.9. The van der Waals surface area contributed by atoms with Gasteiger partial charge in [0.15, 0.2) is 0 Å². The summed E-state index contributed by atoms with van der Waals surface area (Å²) in [7, 11) is 0. The van der Waals surface area contributed by atoms with Gasteiger partial charge in [-0.05, 0) is 66.6 Å². The third kappa shape index (κ3) is 4.12. The van der Waals surface area contributed by atoms with Gasteiger partial charge in [-0.15, -0.1) is 0 Å². The summed E-state index contributed by atoms with van der Waals surface area (Å²) in [5, 5.41) is 8.69. The second-order valence-electron chi connectivity index (χ2n) is 6.23. The van der Waals surface area contributed by atoms with Crippen LogP contribution in [0, 0.1) is 6.92 Å². The fourth-order valence-corrected chi connectivity index (χ4v) is 2.74. The molecule has 4 rings (SSSR count). The van der Waals surface area contributed by atoms with Crippen molar-refractivity contribution >= 4 is 11.4 Å². The van der Waals surface area contributed by atoms with E-state index in [4.69, 9.17) is 0 Å². The highest BCUT2D eigenvalue weighted by atomic mass is 15.1. The third-order valence-electron chi connectivity index (χ3n) is 4.18. The fourth-order valence-electron chi connectivity index (χ4n) is 2.74. The Balaban J connectivity index is 1.62. The minimum absolute atomic E-state index is 0.810. The molecule has 4 aromatic rings. The molecule has 4 heteroatoms. The van der Waals surface area contributed by atoms with Crippen molar-refractivity contribution in [3.63, 3.8) is 0 Å². The minimum atomic E-state index is 0.810. The molecule has 0 aliphatic carbocycles. The van der Waals surface area contributed by atoms with E-state index in [1.807, 2.05) is 72.8 Å². The summed E-state index contributed by atoms with van der Waals surface area (Å²) in [6, 6.07) is 25.8. The highest BCUT2D eigenvalue weighted by Crippen LogP contribution is 2.27. The van der Waals surface area contributed by atoms with Crippen molar-refractivity contribution in [1.82, 2.24) is 9.97 Å². The van der Waals surface area contributed by atoms with Crippen LogP contribution < -0.4 is 0 Å². The van der Waals surface area contributed by atoms with Crippen LogP contribution in [-0.4, -0.2) is 9.97 Å². The Bertz CT molecular complexity index is 1070. The number of hydrogen-bond acceptors (Lipinski definition) is 4. The smallest absolute Gasteiger partial charge is 0.0892 e. The molecule has 27 heavy (non-hydrogen) atoms. The maximum atomic E-state index is 4.44. The van der Waals surface area contributed by atoms with E-state index in [1.54, 1.807) is 12.4 Å². The summed E-state index contributed by atoms with van der Waals surface area (Å²) in [5.74, 6) is 0. The van der Waals surface area contributed by atoms with Crippen molar-refractivity contribution in [3.05, 3.63) is 96.8 Å². The van der Waals surface area contributed by atoms with Crippen molar-refractivity contribution in [2.45, 2.75) is 6.92 Å². The number of aromatic nitrogens is 2. The lowest BCUT2D eigenvalue weighted by Gasteiger charge is -2.05. The normalized spacial score (nSPS) is 11.0. The molecule has 2 aromatic heterocycles. The molecule has 2 aromatic carbocycles. The quantitative estimate of drug-likeness (QED) is 0.393. The van der Waals surface area contributed by atoms with Gasteiger partial charge in [0.25, 0.3) is 0 Å². The molecule has 4 nitrogen and oxygen atoms in total. The molecular weight excluding hydrogens is 332 g/mol. The molecule has 0 N–H and O–H groups in total. The molecule has 130 valence electrons. The van der Waals surface area contributed by atoms with Gasteiger partial charge in [-0.3, -0.25) is 9.97 Å². The lowest BCUT2D eigenvalue weighted by atomic mass is 10.0. The number of nitrogens with zero attached hydrogens (tertiary/aromatic N) is 4. The molecule has 0 radical (unpaired) electrons. The van der Waals surface area contributed by atoms with Gasteiger partial charge in [0.2, 0.25) is 0 Å². The first-order valence-electron chi connectivity index (χ1n) is 8.74. The second kappa shape index (κ2) is 7.70. The molecule has 0 bridgehead atoms. The van der Waals surface area contributed by atoms with E-state index in [0.29, 0.717) is 0 Å². The Labute approximate surface area is 158 Å². The summed E-state index contributed by atoms with van der Waals surface area (Å²) in [6.45, 7) is 2.05. The summed E-state index contributed by atoms with van der Waals surface area (Å²) >= 11 is 0. The topological polar surface area (TPSA) is 50.5 Å².